The summed E-state index contributed by atoms with van der Waals surface area (Å²) in [5.41, 5.74) is 3.73. The van der Waals surface area contributed by atoms with Gasteiger partial charge in [-0.25, -0.2) is 9.99 Å². The van der Waals surface area contributed by atoms with E-state index in [-0.39, 0.29) is 0 Å². The smallest absolute Gasteiger partial charge is 0.150 e. The number of hydroxylamine groups is 2. The van der Waals surface area contributed by atoms with E-state index in [1.54, 1.807) is 0 Å². The van der Waals surface area contributed by atoms with Crippen LogP contribution in [0.3, 0.4) is 0 Å². The van der Waals surface area contributed by atoms with Crippen molar-refractivity contribution in [3.8, 4) is 0 Å². The largest absolute Gasteiger partial charge is 0.785 e. The molecule has 2 aliphatic heterocycles. The van der Waals surface area contributed by atoms with Crippen molar-refractivity contribution >= 4 is 11.4 Å². The molecule has 5 nitrogen and oxygen atoms in total. The fraction of sp³-hybridized carbons (Fsp3) is 0.462. The molecule has 0 atom stereocenters. The van der Waals surface area contributed by atoms with Crippen molar-refractivity contribution in [2.75, 3.05) is 38.7 Å². The highest BCUT2D eigenvalue weighted by atomic mass is 16.5. The number of anilines is 1. The molecule has 0 spiro atoms. The average molecular weight is 245 g/mol. The second-order valence-corrected chi connectivity index (χ2v) is 4.98. The topological polar surface area (TPSA) is 45.7 Å². The van der Waals surface area contributed by atoms with Crippen LogP contribution in [0.2, 0.25) is 0 Å². The van der Waals surface area contributed by atoms with Crippen LogP contribution in [0.25, 0.3) is 5.57 Å². The molecule has 18 heavy (non-hydrogen) atoms. The van der Waals surface area contributed by atoms with Crippen LogP contribution >= 0.6 is 0 Å². The van der Waals surface area contributed by atoms with E-state index in [1.165, 1.54) is 16.7 Å². The van der Waals surface area contributed by atoms with Gasteiger partial charge >= 0.3 is 0 Å². The van der Waals surface area contributed by atoms with E-state index in [4.69, 9.17) is 0 Å². The third kappa shape index (κ3) is 1.80. The van der Waals surface area contributed by atoms with Gasteiger partial charge in [-0.15, -0.1) is 0 Å². The highest BCUT2D eigenvalue weighted by molar-refractivity contribution is 5.81. The summed E-state index contributed by atoms with van der Waals surface area (Å²) in [4.78, 5) is 4.49. The Morgan fingerprint density at radius 1 is 1.33 bits per heavy atom. The lowest BCUT2D eigenvalue weighted by molar-refractivity contribution is 0.353. The summed E-state index contributed by atoms with van der Waals surface area (Å²) < 4.78 is 0. The number of pyridine rings is 1. The molecule has 0 aromatic carbocycles. The lowest BCUT2D eigenvalue weighted by Crippen LogP contribution is -2.44. The van der Waals surface area contributed by atoms with Gasteiger partial charge in [-0.2, -0.15) is 0 Å². The predicted molar refractivity (Wildman–Crippen MR) is 71.7 cm³/mol. The second kappa shape index (κ2) is 4.35. The summed E-state index contributed by atoms with van der Waals surface area (Å²) in [6, 6.07) is 4.07. The van der Waals surface area contributed by atoms with E-state index in [9.17, 15) is 5.21 Å². The van der Waals surface area contributed by atoms with Crippen LogP contribution in [0.4, 0.5) is 5.82 Å². The van der Waals surface area contributed by atoms with Crippen molar-refractivity contribution < 1.29 is 0 Å². The third-order valence-electron chi connectivity index (χ3n) is 3.58. The van der Waals surface area contributed by atoms with E-state index < -0.39 is 0 Å². The zero-order chi connectivity index (χ0) is 12.7. The van der Waals surface area contributed by atoms with Crippen molar-refractivity contribution in [3.63, 3.8) is 0 Å². The number of nitrogens with zero attached hydrogens (tertiary/aromatic N) is 4. The summed E-state index contributed by atoms with van der Waals surface area (Å²) in [6.07, 6.45) is 2.66. The van der Waals surface area contributed by atoms with Crippen molar-refractivity contribution in [1.82, 2.24) is 15.1 Å². The Bertz CT molecular complexity index is 498. The Hall–Kier alpha value is -1.43. The molecule has 96 valence electrons. The van der Waals surface area contributed by atoms with Gasteiger partial charge in [0, 0.05) is 32.4 Å². The zero-order valence-corrected chi connectivity index (χ0v) is 10.8. The molecule has 5 heteroatoms. The third-order valence-corrected chi connectivity index (χ3v) is 3.58. The molecular formula is C13H17N4O-. The van der Waals surface area contributed by atoms with Gasteiger partial charge in [0.25, 0.3) is 0 Å². The summed E-state index contributed by atoms with van der Waals surface area (Å²) in [5, 5.41) is 16.8. The highest BCUT2D eigenvalue weighted by Gasteiger charge is 2.28. The molecule has 1 aromatic rings. The van der Waals surface area contributed by atoms with Gasteiger partial charge < -0.3 is 10.3 Å². The summed E-state index contributed by atoms with van der Waals surface area (Å²) >= 11 is 0. The maximum Gasteiger partial charge on any atom is 0.150 e. The van der Waals surface area contributed by atoms with Gasteiger partial charge in [0.1, 0.15) is 0 Å². The predicted octanol–water partition coefficient (Wildman–Crippen LogP) is 1.34. The molecule has 3 heterocycles. The molecule has 0 amide bonds. The van der Waals surface area contributed by atoms with Crippen molar-refractivity contribution in [2.45, 2.75) is 6.42 Å². The van der Waals surface area contributed by atoms with Crippen LogP contribution in [-0.4, -0.2) is 48.8 Å². The van der Waals surface area contributed by atoms with Crippen molar-refractivity contribution in [2.24, 2.45) is 0 Å². The normalized spacial score (nSPS) is 20.1. The standard InChI is InChI=1S/C13H17N4O/c1-15(2)17-9-10-8-16(18)7-5-11(10)12-4-3-6-14-13(12)17/h3-4,6H,5,7-9H2,1-2H3/q-1. The fourth-order valence-corrected chi connectivity index (χ4v) is 2.70. The molecule has 0 saturated carbocycles. The molecule has 0 unspecified atom stereocenters. The molecular weight excluding hydrogens is 228 g/mol. The lowest BCUT2D eigenvalue weighted by Gasteiger charge is -2.43. The van der Waals surface area contributed by atoms with E-state index in [1.807, 2.05) is 31.4 Å². The maximum atomic E-state index is 11.5. The lowest BCUT2D eigenvalue weighted by atomic mass is 9.91. The quantitative estimate of drug-likeness (QED) is 0.747. The number of hydrogen-bond donors (Lipinski definition) is 0. The van der Waals surface area contributed by atoms with Crippen LogP contribution in [0.15, 0.2) is 23.9 Å². The highest BCUT2D eigenvalue weighted by Crippen LogP contribution is 2.37. The first-order valence-corrected chi connectivity index (χ1v) is 6.20. The Kier molecular flexibility index (Phi) is 2.81. The summed E-state index contributed by atoms with van der Waals surface area (Å²) in [6.45, 7) is 1.88. The fourth-order valence-electron chi connectivity index (χ4n) is 2.70. The molecule has 2 aliphatic rings. The van der Waals surface area contributed by atoms with Gasteiger partial charge in [0.15, 0.2) is 5.82 Å². The molecule has 0 radical (unpaired) electrons. The van der Waals surface area contributed by atoms with Gasteiger partial charge in [0.2, 0.25) is 0 Å². The van der Waals surface area contributed by atoms with Crippen LogP contribution in [-0.2, 0) is 0 Å². The van der Waals surface area contributed by atoms with Crippen LogP contribution < -0.4 is 5.01 Å². The van der Waals surface area contributed by atoms with E-state index in [0.29, 0.717) is 13.1 Å². The van der Waals surface area contributed by atoms with E-state index in [0.717, 1.165) is 23.8 Å². The van der Waals surface area contributed by atoms with E-state index in [2.05, 4.69) is 16.1 Å². The zero-order valence-electron chi connectivity index (χ0n) is 10.8. The van der Waals surface area contributed by atoms with Gasteiger partial charge in [-0.3, -0.25) is 5.01 Å². The monoisotopic (exact) mass is 245 g/mol. The van der Waals surface area contributed by atoms with Gasteiger partial charge in [-0.1, -0.05) is 0 Å². The Morgan fingerprint density at radius 3 is 2.94 bits per heavy atom. The van der Waals surface area contributed by atoms with Crippen LogP contribution in [0.5, 0.6) is 0 Å². The Balaban J connectivity index is 2.09. The molecule has 0 fully saturated rings. The molecule has 3 rings (SSSR count). The first-order chi connectivity index (χ1) is 8.66. The minimum absolute atomic E-state index is 0.522. The Morgan fingerprint density at radius 2 is 2.17 bits per heavy atom. The number of rotatable bonds is 1. The van der Waals surface area contributed by atoms with E-state index >= 15 is 0 Å². The molecule has 0 N–H and O–H groups in total. The number of fused-ring (bicyclic) bond motifs is 2. The molecule has 1 aromatic heterocycles. The molecule has 0 bridgehead atoms. The second-order valence-electron chi connectivity index (χ2n) is 4.98. The minimum Gasteiger partial charge on any atom is -0.785 e. The van der Waals surface area contributed by atoms with Crippen molar-refractivity contribution in [1.29, 1.82) is 0 Å². The number of hydrazine groups is 1. The van der Waals surface area contributed by atoms with Crippen LogP contribution in [0, 0.1) is 5.21 Å². The first kappa shape index (κ1) is 11.6. The van der Waals surface area contributed by atoms with Crippen LogP contribution in [0.1, 0.15) is 12.0 Å². The summed E-state index contributed by atoms with van der Waals surface area (Å²) in [5.74, 6) is 1.00. The number of hydrogen-bond acceptors (Lipinski definition) is 5. The first-order valence-electron chi connectivity index (χ1n) is 6.20. The minimum atomic E-state index is 0.522. The number of aromatic nitrogens is 1. The summed E-state index contributed by atoms with van der Waals surface area (Å²) in [7, 11) is 4.00. The van der Waals surface area contributed by atoms with Crippen molar-refractivity contribution in [3.05, 3.63) is 34.7 Å². The molecule has 0 saturated heterocycles. The SMILES string of the molecule is CN(C)N1CC2=C(CCN([O-])C2)c2cccnc21. The van der Waals surface area contributed by atoms with Gasteiger partial charge in [0.05, 0.1) is 6.54 Å². The molecule has 0 aliphatic carbocycles. The maximum absolute atomic E-state index is 11.5. The Labute approximate surface area is 107 Å². The van der Waals surface area contributed by atoms with Gasteiger partial charge in [-0.05, 0) is 36.2 Å². The average Bonchev–Trinajstić information content (AvgIpc) is 2.37.